The number of hydrogen-bond donors (Lipinski definition) is 1. The zero-order valence-electron chi connectivity index (χ0n) is 22.7. The van der Waals surface area contributed by atoms with Crippen LogP contribution >= 0.6 is 15.9 Å². The van der Waals surface area contributed by atoms with E-state index in [0.717, 1.165) is 46.4 Å². The molecular formula is C35H35BrN2O2. The monoisotopic (exact) mass is 594 g/mol. The molecule has 0 amide bonds. The minimum atomic E-state index is 0.257. The number of hydrogen-bond acceptors (Lipinski definition) is 4. The zero-order chi connectivity index (χ0) is 28.4. The van der Waals surface area contributed by atoms with Gasteiger partial charge in [0.25, 0.3) is 0 Å². The summed E-state index contributed by atoms with van der Waals surface area (Å²) in [6.45, 7) is 0.789. The van der Waals surface area contributed by atoms with E-state index in [1.165, 1.54) is 38.5 Å². The van der Waals surface area contributed by atoms with E-state index in [9.17, 15) is 0 Å². The smallest absolute Gasteiger partial charge is 0.119 e. The average molecular weight is 596 g/mol. The first-order chi connectivity index (χ1) is 19.6. The lowest BCUT2D eigenvalue weighted by Crippen LogP contribution is -1.97. The van der Waals surface area contributed by atoms with Crippen LogP contribution in [0.5, 0.6) is 11.5 Å². The van der Waals surface area contributed by atoms with Crippen LogP contribution in [0, 0.1) is 22.7 Å². The molecule has 4 aromatic rings. The second-order valence-corrected chi connectivity index (χ2v) is 10.3. The Morgan fingerprint density at radius 1 is 0.525 bits per heavy atom. The van der Waals surface area contributed by atoms with Crippen LogP contribution in [-0.4, -0.2) is 17.0 Å². The fourth-order valence-corrected chi connectivity index (χ4v) is 4.54. The number of benzene rings is 4. The van der Waals surface area contributed by atoms with E-state index in [-0.39, 0.29) is 5.75 Å². The van der Waals surface area contributed by atoms with Gasteiger partial charge in [0.15, 0.2) is 0 Å². The van der Waals surface area contributed by atoms with Gasteiger partial charge < -0.3 is 9.84 Å². The largest absolute Gasteiger partial charge is 0.508 e. The number of nitriles is 2. The first-order valence-electron chi connectivity index (χ1n) is 13.7. The molecule has 0 atom stereocenters. The molecule has 0 heterocycles. The van der Waals surface area contributed by atoms with Crippen LogP contribution in [0.2, 0.25) is 0 Å². The number of ether oxygens (including phenoxy) is 1. The third kappa shape index (κ3) is 10.6. The molecule has 40 heavy (non-hydrogen) atoms. The molecule has 0 unspecified atom stereocenters. The highest BCUT2D eigenvalue weighted by atomic mass is 79.9. The fourth-order valence-electron chi connectivity index (χ4n) is 4.14. The van der Waals surface area contributed by atoms with Crippen molar-refractivity contribution in [2.24, 2.45) is 0 Å². The minimum Gasteiger partial charge on any atom is -0.508 e. The van der Waals surface area contributed by atoms with Gasteiger partial charge in [-0.05, 0) is 83.6 Å². The summed E-state index contributed by atoms with van der Waals surface area (Å²) in [5.74, 6) is 1.18. The Morgan fingerprint density at radius 2 is 0.900 bits per heavy atom. The number of unbranched alkanes of at least 4 members (excludes halogenated alkanes) is 6. The third-order valence-electron chi connectivity index (χ3n) is 6.46. The quantitative estimate of drug-likeness (QED) is 0.131. The van der Waals surface area contributed by atoms with Gasteiger partial charge >= 0.3 is 0 Å². The van der Waals surface area contributed by atoms with E-state index in [4.69, 9.17) is 20.4 Å². The Balaban J connectivity index is 0.000000249. The van der Waals surface area contributed by atoms with Gasteiger partial charge in [-0.15, -0.1) is 0 Å². The van der Waals surface area contributed by atoms with Gasteiger partial charge in [0, 0.05) is 5.33 Å². The van der Waals surface area contributed by atoms with Crippen molar-refractivity contribution in [3.05, 3.63) is 108 Å². The number of aromatic hydroxyl groups is 1. The highest BCUT2D eigenvalue weighted by Crippen LogP contribution is 2.24. The number of halogens is 1. The first-order valence-corrected chi connectivity index (χ1v) is 14.8. The van der Waals surface area contributed by atoms with Crippen molar-refractivity contribution in [3.8, 4) is 45.9 Å². The Morgan fingerprint density at radius 3 is 1.32 bits per heavy atom. The van der Waals surface area contributed by atoms with E-state index in [1.807, 2.05) is 60.7 Å². The highest BCUT2D eigenvalue weighted by Gasteiger charge is 2.00. The molecule has 0 fully saturated rings. The average Bonchev–Trinajstić information content (AvgIpc) is 3.01. The van der Waals surface area contributed by atoms with Gasteiger partial charge in [-0.25, -0.2) is 0 Å². The molecule has 4 rings (SSSR count). The molecule has 5 heteroatoms. The van der Waals surface area contributed by atoms with Crippen LogP contribution in [0.1, 0.15) is 56.1 Å². The van der Waals surface area contributed by atoms with Gasteiger partial charge in [-0.2, -0.15) is 10.5 Å². The van der Waals surface area contributed by atoms with Gasteiger partial charge in [-0.1, -0.05) is 96.6 Å². The Labute approximate surface area is 246 Å². The molecule has 0 aliphatic rings. The first kappa shape index (κ1) is 30.5. The minimum absolute atomic E-state index is 0.257. The standard InChI is InChI=1S/C22H26BrNO.C13H9NO/c23-16-6-4-2-1-3-5-7-17-25-22-14-12-21(13-15-22)20-10-8-19(18-24)9-11-20;14-9-10-1-3-11(4-2-10)12-5-7-13(15)8-6-12/h8-15H,1-7,16-17H2;1-8,15H. The summed E-state index contributed by atoms with van der Waals surface area (Å²) in [5, 5.41) is 27.8. The van der Waals surface area contributed by atoms with Crippen LogP contribution in [0.25, 0.3) is 22.3 Å². The summed E-state index contributed by atoms with van der Waals surface area (Å²) < 4.78 is 5.83. The van der Waals surface area contributed by atoms with E-state index < -0.39 is 0 Å². The summed E-state index contributed by atoms with van der Waals surface area (Å²) in [4.78, 5) is 0. The third-order valence-corrected chi connectivity index (χ3v) is 7.02. The second kappa shape index (κ2) is 17.5. The molecule has 0 aliphatic carbocycles. The maximum absolute atomic E-state index is 9.14. The lowest BCUT2D eigenvalue weighted by atomic mass is 10.0. The maximum Gasteiger partial charge on any atom is 0.119 e. The number of rotatable bonds is 12. The van der Waals surface area contributed by atoms with Crippen molar-refractivity contribution in [1.82, 2.24) is 0 Å². The SMILES string of the molecule is N#Cc1ccc(-c2ccc(O)cc2)cc1.N#Cc1ccc(-c2ccc(OCCCCCCCCCBr)cc2)cc1. The summed E-state index contributed by atoms with van der Waals surface area (Å²) in [6, 6.07) is 34.4. The summed E-state index contributed by atoms with van der Waals surface area (Å²) in [5.41, 5.74) is 5.65. The molecule has 0 bridgehead atoms. The van der Waals surface area contributed by atoms with Crippen LogP contribution in [0.15, 0.2) is 97.1 Å². The van der Waals surface area contributed by atoms with E-state index >= 15 is 0 Å². The number of alkyl halides is 1. The summed E-state index contributed by atoms with van der Waals surface area (Å²) >= 11 is 3.47. The highest BCUT2D eigenvalue weighted by molar-refractivity contribution is 9.09. The Bertz CT molecular complexity index is 1350. The van der Waals surface area contributed by atoms with Crippen molar-refractivity contribution in [2.75, 3.05) is 11.9 Å². The molecule has 0 radical (unpaired) electrons. The molecule has 0 saturated heterocycles. The molecular weight excluding hydrogens is 560 g/mol. The van der Waals surface area contributed by atoms with Crippen LogP contribution in [0.4, 0.5) is 0 Å². The molecule has 0 aromatic heterocycles. The number of phenols is 1. The normalized spacial score (nSPS) is 10.1. The predicted octanol–water partition coefficient (Wildman–Crippen LogP) is 9.66. The number of phenolic OH excluding ortho intramolecular Hbond substituents is 1. The Hall–Kier alpha value is -4.06. The molecule has 0 aliphatic heterocycles. The molecule has 204 valence electrons. The van der Waals surface area contributed by atoms with E-state index in [1.54, 1.807) is 24.3 Å². The summed E-state index contributed by atoms with van der Waals surface area (Å²) in [6.07, 6.45) is 9.00. The fraction of sp³-hybridized carbons (Fsp3) is 0.257. The van der Waals surface area contributed by atoms with Crippen molar-refractivity contribution < 1.29 is 9.84 Å². The zero-order valence-corrected chi connectivity index (χ0v) is 24.3. The Kier molecular flexibility index (Phi) is 13.3. The molecule has 4 aromatic carbocycles. The number of nitrogens with zero attached hydrogens (tertiary/aromatic N) is 2. The van der Waals surface area contributed by atoms with E-state index in [0.29, 0.717) is 11.1 Å². The topological polar surface area (TPSA) is 77.0 Å². The van der Waals surface area contributed by atoms with Gasteiger partial charge in [0.1, 0.15) is 11.5 Å². The van der Waals surface area contributed by atoms with Crippen molar-refractivity contribution in [3.63, 3.8) is 0 Å². The summed E-state index contributed by atoms with van der Waals surface area (Å²) in [7, 11) is 0. The molecule has 0 saturated carbocycles. The molecule has 1 N–H and O–H groups in total. The maximum atomic E-state index is 9.14. The second-order valence-electron chi connectivity index (χ2n) is 9.46. The van der Waals surface area contributed by atoms with Gasteiger partial charge in [0.05, 0.1) is 29.9 Å². The predicted molar refractivity (Wildman–Crippen MR) is 166 cm³/mol. The van der Waals surface area contributed by atoms with Gasteiger partial charge in [-0.3, -0.25) is 0 Å². The van der Waals surface area contributed by atoms with Crippen molar-refractivity contribution in [1.29, 1.82) is 10.5 Å². The van der Waals surface area contributed by atoms with Crippen LogP contribution in [-0.2, 0) is 0 Å². The molecule has 4 nitrogen and oxygen atoms in total. The van der Waals surface area contributed by atoms with Gasteiger partial charge in [0.2, 0.25) is 0 Å². The molecule has 0 spiro atoms. The van der Waals surface area contributed by atoms with E-state index in [2.05, 4.69) is 40.2 Å². The lowest BCUT2D eigenvalue weighted by molar-refractivity contribution is 0.304. The van der Waals surface area contributed by atoms with Crippen LogP contribution in [0.3, 0.4) is 0 Å². The lowest BCUT2D eigenvalue weighted by Gasteiger charge is -2.08. The van der Waals surface area contributed by atoms with Crippen molar-refractivity contribution in [2.45, 2.75) is 44.9 Å². The van der Waals surface area contributed by atoms with Crippen LogP contribution < -0.4 is 4.74 Å². The van der Waals surface area contributed by atoms with Crippen molar-refractivity contribution >= 4 is 15.9 Å².